The Labute approximate surface area is 127 Å². The van der Waals surface area contributed by atoms with Crippen molar-refractivity contribution in [2.75, 3.05) is 11.9 Å². The molecule has 0 fully saturated rings. The Morgan fingerprint density at radius 1 is 1.14 bits per heavy atom. The molecule has 0 saturated carbocycles. The smallest absolute Gasteiger partial charge is 0.251 e. The number of aryl methyl sites for hydroxylation is 2. The highest BCUT2D eigenvalue weighted by molar-refractivity contribution is 5.99. The molecule has 22 heavy (non-hydrogen) atoms. The third-order valence-corrected chi connectivity index (χ3v) is 2.88. The lowest BCUT2D eigenvalue weighted by molar-refractivity contribution is -0.115. The third-order valence-electron chi connectivity index (χ3n) is 2.88. The molecule has 2 amide bonds. The SMILES string of the molecule is Cc1cc(C)nc(NC(=O)CNC(=O)c2ccc(F)cc2)c1. The molecule has 0 unspecified atom stereocenters. The number of halogens is 1. The van der Waals surface area contributed by atoms with Gasteiger partial charge in [-0.05, 0) is 55.8 Å². The van der Waals surface area contributed by atoms with Crippen LogP contribution in [0.3, 0.4) is 0 Å². The predicted molar refractivity (Wildman–Crippen MR) is 81.1 cm³/mol. The molecule has 0 aliphatic heterocycles. The summed E-state index contributed by atoms with van der Waals surface area (Å²) in [7, 11) is 0. The molecule has 114 valence electrons. The molecule has 5 nitrogen and oxygen atoms in total. The lowest BCUT2D eigenvalue weighted by atomic mass is 10.2. The van der Waals surface area contributed by atoms with Crippen molar-refractivity contribution in [3.05, 3.63) is 59.0 Å². The van der Waals surface area contributed by atoms with Gasteiger partial charge in [0.05, 0.1) is 6.54 Å². The minimum absolute atomic E-state index is 0.190. The van der Waals surface area contributed by atoms with E-state index in [1.54, 1.807) is 6.07 Å². The monoisotopic (exact) mass is 301 g/mol. The number of hydrogen-bond acceptors (Lipinski definition) is 3. The maximum absolute atomic E-state index is 12.8. The Hall–Kier alpha value is -2.76. The molecule has 2 N–H and O–H groups in total. The number of benzene rings is 1. The van der Waals surface area contributed by atoms with E-state index >= 15 is 0 Å². The van der Waals surface area contributed by atoms with Gasteiger partial charge in [-0.3, -0.25) is 9.59 Å². The zero-order chi connectivity index (χ0) is 16.1. The number of amides is 2. The fourth-order valence-corrected chi connectivity index (χ4v) is 1.96. The molecule has 0 saturated heterocycles. The van der Waals surface area contributed by atoms with Crippen LogP contribution in [0.4, 0.5) is 10.2 Å². The molecule has 0 atom stereocenters. The topological polar surface area (TPSA) is 71.1 Å². The quantitative estimate of drug-likeness (QED) is 0.909. The van der Waals surface area contributed by atoms with Gasteiger partial charge in [-0.15, -0.1) is 0 Å². The Bertz CT molecular complexity index is 679. The van der Waals surface area contributed by atoms with Crippen LogP contribution >= 0.6 is 0 Å². The highest BCUT2D eigenvalue weighted by Crippen LogP contribution is 2.08. The predicted octanol–water partition coefficient (Wildman–Crippen LogP) is 2.21. The number of nitrogens with zero attached hydrogens (tertiary/aromatic N) is 1. The molecule has 1 aromatic heterocycles. The zero-order valence-electron chi connectivity index (χ0n) is 12.3. The molecule has 0 radical (unpaired) electrons. The Morgan fingerprint density at radius 2 is 1.82 bits per heavy atom. The lowest BCUT2D eigenvalue weighted by Gasteiger charge is -2.08. The number of anilines is 1. The van der Waals surface area contributed by atoms with Crippen molar-refractivity contribution < 1.29 is 14.0 Å². The Balaban J connectivity index is 1.89. The van der Waals surface area contributed by atoms with Gasteiger partial charge in [-0.1, -0.05) is 0 Å². The average Bonchev–Trinajstić information content (AvgIpc) is 2.44. The molecule has 2 aromatic rings. The molecule has 0 spiro atoms. The maximum Gasteiger partial charge on any atom is 0.251 e. The molecular weight excluding hydrogens is 285 g/mol. The second-order valence-corrected chi connectivity index (χ2v) is 4.91. The number of carbonyl (C=O) groups is 2. The van der Waals surface area contributed by atoms with Crippen molar-refractivity contribution >= 4 is 17.6 Å². The van der Waals surface area contributed by atoms with Crippen LogP contribution in [0.2, 0.25) is 0 Å². The number of aromatic nitrogens is 1. The summed E-state index contributed by atoms with van der Waals surface area (Å²) in [4.78, 5) is 27.8. The normalized spacial score (nSPS) is 10.1. The van der Waals surface area contributed by atoms with E-state index < -0.39 is 11.7 Å². The number of nitrogens with one attached hydrogen (secondary N) is 2. The van der Waals surface area contributed by atoms with Crippen molar-refractivity contribution in [3.8, 4) is 0 Å². The first-order valence-electron chi connectivity index (χ1n) is 6.73. The van der Waals surface area contributed by atoms with Crippen molar-refractivity contribution in [1.82, 2.24) is 10.3 Å². The van der Waals surface area contributed by atoms with Gasteiger partial charge >= 0.3 is 0 Å². The van der Waals surface area contributed by atoms with E-state index in [9.17, 15) is 14.0 Å². The van der Waals surface area contributed by atoms with E-state index in [0.717, 1.165) is 11.3 Å². The van der Waals surface area contributed by atoms with Crippen molar-refractivity contribution in [3.63, 3.8) is 0 Å². The van der Waals surface area contributed by atoms with Gasteiger partial charge in [0.2, 0.25) is 5.91 Å². The molecule has 0 aliphatic carbocycles. The first-order chi connectivity index (χ1) is 10.4. The summed E-state index contributed by atoms with van der Waals surface area (Å²) < 4.78 is 12.8. The van der Waals surface area contributed by atoms with Crippen LogP contribution < -0.4 is 10.6 Å². The highest BCUT2D eigenvalue weighted by atomic mass is 19.1. The standard InChI is InChI=1S/C16H16FN3O2/c1-10-7-11(2)19-14(8-10)20-15(21)9-18-16(22)12-3-5-13(17)6-4-12/h3-8H,9H2,1-2H3,(H,18,22)(H,19,20,21). The van der Waals surface area contributed by atoms with Crippen LogP contribution in [-0.4, -0.2) is 23.3 Å². The van der Waals surface area contributed by atoms with Gasteiger partial charge in [0, 0.05) is 11.3 Å². The van der Waals surface area contributed by atoms with Crippen LogP contribution in [-0.2, 0) is 4.79 Å². The molecule has 6 heteroatoms. The Morgan fingerprint density at radius 3 is 2.45 bits per heavy atom. The van der Waals surface area contributed by atoms with Crippen molar-refractivity contribution in [2.24, 2.45) is 0 Å². The average molecular weight is 301 g/mol. The molecular formula is C16H16FN3O2. The Kier molecular flexibility index (Phi) is 4.83. The van der Waals surface area contributed by atoms with E-state index in [-0.39, 0.29) is 12.5 Å². The van der Waals surface area contributed by atoms with E-state index in [0.29, 0.717) is 11.4 Å². The molecule has 0 bridgehead atoms. The van der Waals surface area contributed by atoms with Crippen LogP contribution in [0, 0.1) is 19.7 Å². The van der Waals surface area contributed by atoms with Crippen LogP contribution in [0.15, 0.2) is 36.4 Å². The number of carbonyl (C=O) groups excluding carboxylic acids is 2. The van der Waals surface area contributed by atoms with E-state index in [2.05, 4.69) is 15.6 Å². The van der Waals surface area contributed by atoms with E-state index in [1.807, 2.05) is 19.9 Å². The van der Waals surface area contributed by atoms with Gasteiger partial charge in [0.1, 0.15) is 11.6 Å². The van der Waals surface area contributed by atoms with Gasteiger partial charge in [-0.25, -0.2) is 9.37 Å². The van der Waals surface area contributed by atoms with Crippen molar-refractivity contribution in [2.45, 2.75) is 13.8 Å². The first-order valence-corrected chi connectivity index (χ1v) is 6.73. The van der Waals surface area contributed by atoms with Crippen LogP contribution in [0.25, 0.3) is 0 Å². The first kappa shape index (κ1) is 15.6. The number of rotatable bonds is 4. The van der Waals surface area contributed by atoms with Crippen molar-refractivity contribution in [1.29, 1.82) is 0 Å². The number of pyridine rings is 1. The molecule has 0 aliphatic rings. The fraction of sp³-hybridized carbons (Fsp3) is 0.188. The van der Waals surface area contributed by atoms with Gasteiger partial charge in [0.15, 0.2) is 0 Å². The lowest BCUT2D eigenvalue weighted by Crippen LogP contribution is -2.33. The molecule has 1 aromatic carbocycles. The van der Waals surface area contributed by atoms with E-state index in [4.69, 9.17) is 0 Å². The summed E-state index contributed by atoms with van der Waals surface area (Å²) in [6, 6.07) is 8.73. The summed E-state index contributed by atoms with van der Waals surface area (Å²) in [5.41, 5.74) is 2.07. The summed E-state index contributed by atoms with van der Waals surface area (Å²) in [6.45, 7) is 3.55. The zero-order valence-corrected chi connectivity index (χ0v) is 12.3. The number of hydrogen-bond donors (Lipinski definition) is 2. The van der Waals surface area contributed by atoms with Gasteiger partial charge in [0.25, 0.3) is 5.91 Å². The van der Waals surface area contributed by atoms with Crippen LogP contribution in [0.5, 0.6) is 0 Å². The highest BCUT2D eigenvalue weighted by Gasteiger charge is 2.09. The second-order valence-electron chi connectivity index (χ2n) is 4.91. The molecule has 1 heterocycles. The summed E-state index contributed by atoms with van der Waals surface area (Å²) in [5, 5.41) is 5.08. The van der Waals surface area contributed by atoms with Crippen LogP contribution in [0.1, 0.15) is 21.6 Å². The summed E-state index contributed by atoms with van der Waals surface area (Å²) in [5.74, 6) is -0.801. The fourth-order valence-electron chi connectivity index (χ4n) is 1.96. The summed E-state index contributed by atoms with van der Waals surface area (Å²) in [6.07, 6.45) is 0. The minimum Gasteiger partial charge on any atom is -0.343 e. The summed E-state index contributed by atoms with van der Waals surface area (Å²) >= 11 is 0. The van der Waals surface area contributed by atoms with E-state index in [1.165, 1.54) is 24.3 Å². The maximum atomic E-state index is 12.8. The van der Waals surface area contributed by atoms with Gasteiger partial charge in [-0.2, -0.15) is 0 Å². The second kappa shape index (κ2) is 6.80. The third kappa shape index (κ3) is 4.37. The molecule has 2 rings (SSSR count). The van der Waals surface area contributed by atoms with Gasteiger partial charge < -0.3 is 10.6 Å². The largest absolute Gasteiger partial charge is 0.343 e. The minimum atomic E-state index is -0.441.